The van der Waals surface area contributed by atoms with Crippen molar-refractivity contribution in [3.05, 3.63) is 34.4 Å². The van der Waals surface area contributed by atoms with Crippen LogP contribution in [-0.2, 0) is 4.79 Å². The van der Waals surface area contributed by atoms with Crippen molar-refractivity contribution in [2.24, 2.45) is 11.8 Å². The van der Waals surface area contributed by atoms with Gasteiger partial charge in [-0.1, -0.05) is 19.4 Å². The van der Waals surface area contributed by atoms with Gasteiger partial charge in [-0.2, -0.15) is 0 Å². The molecule has 1 nitrogen and oxygen atoms in total. The van der Waals surface area contributed by atoms with Crippen LogP contribution in [-0.4, -0.2) is 5.78 Å². The fourth-order valence-corrected chi connectivity index (χ4v) is 2.98. The molecular formula is C15H20O. The highest BCUT2D eigenvalue weighted by Crippen LogP contribution is 2.39. The van der Waals surface area contributed by atoms with E-state index in [-0.39, 0.29) is 5.78 Å². The van der Waals surface area contributed by atoms with E-state index in [0.717, 1.165) is 11.1 Å². The number of carbonyl (C=O) groups is 1. The first-order chi connectivity index (χ1) is 7.50. The average molecular weight is 216 g/mol. The zero-order valence-electron chi connectivity index (χ0n) is 10.6. The minimum absolute atomic E-state index is 0.197. The minimum Gasteiger partial charge on any atom is -0.289 e. The summed E-state index contributed by atoms with van der Waals surface area (Å²) in [6.45, 7) is 8.44. The molecule has 2 atom stereocenters. The summed E-state index contributed by atoms with van der Waals surface area (Å²) in [5, 5.41) is 0. The predicted octanol–water partition coefficient (Wildman–Crippen LogP) is 3.82. The maximum absolute atomic E-state index is 11.7. The van der Waals surface area contributed by atoms with Crippen molar-refractivity contribution in [2.75, 3.05) is 0 Å². The van der Waals surface area contributed by atoms with Gasteiger partial charge in [-0.25, -0.2) is 0 Å². The summed E-state index contributed by atoms with van der Waals surface area (Å²) in [5.74, 6) is 1.54. The number of hydrogen-bond donors (Lipinski definition) is 0. The van der Waals surface area contributed by atoms with Crippen LogP contribution in [0.3, 0.4) is 0 Å². The van der Waals surface area contributed by atoms with Crippen molar-refractivity contribution in [1.82, 2.24) is 0 Å². The summed E-state index contributed by atoms with van der Waals surface area (Å²) in [6, 6.07) is 0. The van der Waals surface area contributed by atoms with Gasteiger partial charge in [-0.3, -0.25) is 4.79 Å². The van der Waals surface area contributed by atoms with Gasteiger partial charge in [0.2, 0.25) is 0 Å². The molecule has 2 unspecified atom stereocenters. The molecule has 1 fully saturated rings. The van der Waals surface area contributed by atoms with Crippen molar-refractivity contribution in [2.45, 2.75) is 40.5 Å². The van der Waals surface area contributed by atoms with E-state index in [1.165, 1.54) is 18.4 Å². The number of rotatable bonds is 0. The molecule has 0 amide bonds. The average Bonchev–Trinajstić information content (AvgIpc) is 2.54. The molecule has 2 rings (SSSR count). The molecule has 86 valence electrons. The van der Waals surface area contributed by atoms with E-state index in [2.05, 4.69) is 26.0 Å². The molecule has 2 aliphatic carbocycles. The van der Waals surface area contributed by atoms with Crippen LogP contribution in [0.25, 0.3) is 0 Å². The molecule has 0 spiro atoms. The Bertz CT molecular complexity index is 385. The van der Waals surface area contributed by atoms with E-state index >= 15 is 0 Å². The van der Waals surface area contributed by atoms with Crippen LogP contribution in [0.2, 0.25) is 0 Å². The Balaban J connectivity index is 2.49. The lowest BCUT2D eigenvalue weighted by Crippen LogP contribution is -2.09. The number of allylic oxidation sites excluding steroid dienone is 6. The lowest BCUT2D eigenvalue weighted by Gasteiger charge is -2.17. The monoisotopic (exact) mass is 216 g/mol. The summed E-state index contributed by atoms with van der Waals surface area (Å²) in [5.41, 5.74) is 4.61. The third-order valence-corrected chi connectivity index (χ3v) is 3.89. The fourth-order valence-electron chi connectivity index (χ4n) is 2.98. The van der Waals surface area contributed by atoms with Gasteiger partial charge < -0.3 is 0 Å². The quantitative estimate of drug-likeness (QED) is 0.601. The van der Waals surface area contributed by atoms with E-state index in [1.54, 1.807) is 5.57 Å². The normalized spacial score (nSPS) is 30.6. The van der Waals surface area contributed by atoms with Crippen molar-refractivity contribution in [3.63, 3.8) is 0 Å². The number of hydrogen-bond acceptors (Lipinski definition) is 1. The molecule has 0 aromatic rings. The molecule has 0 saturated heterocycles. The second-order valence-electron chi connectivity index (χ2n) is 5.27. The van der Waals surface area contributed by atoms with E-state index in [1.807, 2.05) is 13.8 Å². The van der Waals surface area contributed by atoms with E-state index in [4.69, 9.17) is 0 Å². The predicted molar refractivity (Wildman–Crippen MR) is 67.1 cm³/mol. The molecule has 0 bridgehead atoms. The second kappa shape index (κ2) is 4.04. The standard InChI is InChI=1S/C15H20O/c1-9-5-6-10(2)14(9)13-7-11(3)15(16)12(4)8-13/h7-10H,5-6H2,1-4H3. The van der Waals surface area contributed by atoms with Crippen LogP contribution in [0.1, 0.15) is 40.5 Å². The van der Waals surface area contributed by atoms with Gasteiger partial charge in [0.1, 0.15) is 0 Å². The number of carbonyl (C=O) groups excluding carboxylic acids is 1. The van der Waals surface area contributed by atoms with Crippen molar-refractivity contribution < 1.29 is 4.79 Å². The van der Waals surface area contributed by atoms with Gasteiger partial charge in [0, 0.05) is 0 Å². The Labute approximate surface area is 97.9 Å². The molecule has 0 N–H and O–H groups in total. The molecule has 0 aromatic carbocycles. The van der Waals surface area contributed by atoms with Gasteiger partial charge in [0.05, 0.1) is 0 Å². The largest absolute Gasteiger partial charge is 0.289 e. The molecule has 0 heterocycles. The maximum Gasteiger partial charge on any atom is 0.184 e. The lowest BCUT2D eigenvalue weighted by atomic mass is 9.87. The summed E-state index contributed by atoms with van der Waals surface area (Å²) < 4.78 is 0. The second-order valence-corrected chi connectivity index (χ2v) is 5.27. The first-order valence-corrected chi connectivity index (χ1v) is 6.16. The molecule has 0 aromatic heterocycles. The maximum atomic E-state index is 11.7. The Morgan fingerprint density at radius 2 is 1.44 bits per heavy atom. The van der Waals surface area contributed by atoms with Crippen molar-refractivity contribution >= 4 is 5.78 Å². The Kier molecular flexibility index (Phi) is 2.88. The van der Waals surface area contributed by atoms with Gasteiger partial charge in [-0.15, -0.1) is 0 Å². The smallest absolute Gasteiger partial charge is 0.184 e. The Morgan fingerprint density at radius 3 is 1.88 bits per heavy atom. The summed E-state index contributed by atoms with van der Waals surface area (Å²) in [4.78, 5) is 11.7. The zero-order chi connectivity index (χ0) is 11.9. The fraction of sp³-hybridized carbons (Fsp3) is 0.533. The Morgan fingerprint density at radius 1 is 1.00 bits per heavy atom. The molecular weight excluding hydrogens is 196 g/mol. The zero-order valence-corrected chi connectivity index (χ0v) is 10.6. The molecule has 16 heavy (non-hydrogen) atoms. The molecule has 2 aliphatic rings. The minimum atomic E-state index is 0.197. The van der Waals surface area contributed by atoms with Gasteiger partial charge >= 0.3 is 0 Å². The van der Waals surface area contributed by atoms with Crippen LogP contribution in [0.5, 0.6) is 0 Å². The molecule has 0 radical (unpaired) electrons. The number of ketones is 1. The summed E-state index contributed by atoms with van der Waals surface area (Å²) >= 11 is 0. The molecule has 1 saturated carbocycles. The van der Waals surface area contributed by atoms with Crippen LogP contribution in [0.15, 0.2) is 34.4 Å². The van der Waals surface area contributed by atoms with E-state index < -0.39 is 0 Å². The summed E-state index contributed by atoms with van der Waals surface area (Å²) in [6.07, 6.45) is 6.72. The third-order valence-electron chi connectivity index (χ3n) is 3.89. The number of Topliss-reactive ketones (excluding diaryl/α,β-unsaturated/α-hetero) is 1. The highest BCUT2D eigenvalue weighted by Gasteiger charge is 2.27. The third kappa shape index (κ3) is 1.79. The van der Waals surface area contributed by atoms with Crippen molar-refractivity contribution in [1.29, 1.82) is 0 Å². The van der Waals surface area contributed by atoms with E-state index in [9.17, 15) is 4.79 Å². The topological polar surface area (TPSA) is 17.1 Å². The van der Waals surface area contributed by atoms with Crippen LogP contribution in [0, 0.1) is 11.8 Å². The van der Waals surface area contributed by atoms with Gasteiger partial charge in [0.25, 0.3) is 0 Å². The van der Waals surface area contributed by atoms with Crippen LogP contribution < -0.4 is 0 Å². The Hall–Kier alpha value is -1.11. The van der Waals surface area contributed by atoms with Crippen LogP contribution in [0.4, 0.5) is 0 Å². The molecule has 0 aliphatic heterocycles. The lowest BCUT2D eigenvalue weighted by molar-refractivity contribution is -0.112. The summed E-state index contributed by atoms with van der Waals surface area (Å²) in [7, 11) is 0. The van der Waals surface area contributed by atoms with Gasteiger partial charge in [0.15, 0.2) is 5.78 Å². The molecule has 1 heteroatoms. The highest BCUT2D eigenvalue weighted by atomic mass is 16.1. The van der Waals surface area contributed by atoms with Crippen molar-refractivity contribution in [3.8, 4) is 0 Å². The first-order valence-electron chi connectivity index (χ1n) is 6.16. The van der Waals surface area contributed by atoms with E-state index in [0.29, 0.717) is 11.8 Å². The highest BCUT2D eigenvalue weighted by molar-refractivity contribution is 6.09. The van der Waals surface area contributed by atoms with Crippen LogP contribution >= 0.6 is 0 Å². The SMILES string of the molecule is CC1=CC(=C2C(C)CCC2C)C=C(C)C1=O. The first kappa shape index (κ1) is 11.4. The van der Waals surface area contributed by atoms with Gasteiger partial charge in [-0.05, 0) is 67.4 Å².